The maximum atomic E-state index is 12.8. The van der Waals surface area contributed by atoms with E-state index >= 15 is 0 Å². The Hall–Kier alpha value is -2.28. The van der Waals surface area contributed by atoms with E-state index < -0.39 is 0 Å². The molecule has 0 bridgehead atoms. The Labute approximate surface area is 195 Å². The normalized spacial score (nSPS) is 14.6. The number of hydrogen-bond donors (Lipinski definition) is 1. The van der Waals surface area contributed by atoms with Crippen LogP contribution in [0.15, 0.2) is 42.5 Å². The van der Waals surface area contributed by atoms with Crippen LogP contribution in [0.3, 0.4) is 0 Å². The molecule has 32 heavy (non-hydrogen) atoms. The third kappa shape index (κ3) is 7.40. The lowest BCUT2D eigenvalue weighted by atomic mass is 10.1. The van der Waals surface area contributed by atoms with E-state index in [9.17, 15) is 4.79 Å². The Bertz CT molecular complexity index is 884. The molecule has 2 aromatic rings. The van der Waals surface area contributed by atoms with E-state index in [4.69, 9.17) is 25.8 Å². The molecule has 1 fully saturated rings. The van der Waals surface area contributed by atoms with Crippen molar-refractivity contribution in [2.75, 3.05) is 33.4 Å². The number of likely N-dealkylation sites (N-methyl/N-ethyl adjacent to an activating group) is 1. The van der Waals surface area contributed by atoms with Gasteiger partial charge < -0.3 is 19.5 Å². The third-order valence-corrected chi connectivity index (χ3v) is 5.66. The van der Waals surface area contributed by atoms with Crippen molar-refractivity contribution in [1.82, 2.24) is 10.2 Å². The van der Waals surface area contributed by atoms with E-state index in [1.54, 1.807) is 18.2 Å². The van der Waals surface area contributed by atoms with Crippen LogP contribution in [0.4, 0.5) is 0 Å². The standard InChI is InChI=1S/C25H33ClN2O4/c1-18(2)32-24-8-7-20(26)16-23(24)25(29)27-17-19-5-4-6-22(15-19)31-14-11-28(3)21-9-12-30-13-10-21/h4-8,15-16,18,21H,9-14,17H2,1-3H3,(H,27,29). The summed E-state index contributed by atoms with van der Waals surface area (Å²) in [5, 5.41) is 3.44. The van der Waals surface area contributed by atoms with Gasteiger partial charge >= 0.3 is 0 Å². The van der Waals surface area contributed by atoms with Crippen molar-refractivity contribution in [3.8, 4) is 11.5 Å². The first kappa shape index (κ1) is 24.4. The van der Waals surface area contributed by atoms with Crippen LogP contribution in [-0.4, -0.2) is 56.4 Å². The van der Waals surface area contributed by atoms with Crippen LogP contribution in [0.5, 0.6) is 11.5 Å². The lowest BCUT2D eigenvalue weighted by Crippen LogP contribution is -2.38. The summed E-state index contributed by atoms with van der Waals surface area (Å²) in [6.07, 6.45) is 2.10. The number of ether oxygens (including phenoxy) is 3. The van der Waals surface area contributed by atoms with Gasteiger partial charge in [0.2, 0.25) is 0 Å². The number of nitrogens with zero attached hydrogens (tertiary/aromatic N) is 1. The zero-order valence-electron chi connectivity index (χ0n) is 19.1. The Morgan fingerprint density at radius 3 is 2.75 bits per heavy atom. The largest absolute Gasteiger partial charge is 0.492 e. The monoisotopic (exact) mass is 460 g/mol. The molecule has 6 nitrogen and oxygen atoms in total. The molecule has 0 saturated carbocycles. The van der Waals surface area contributed by atoms with Crippen molar-refractivity contribution < 1.29 is 19.0 Å². The van der Waals surface area contributed by atoms with E-state index in [2.05, 4.69) is 17.3 Å². The second-order valence-electron chi connectivity index (χ2n) is 8.31. The van der Waals surface area contributed by atoms with Crippen LogP contribution >= 0.6 is 11.6 Å². The molecule has 1 aliphatic rings. The Morgan fingerprint density at radius 1 is 1.22 bits per heavy atom. The van der Waals surface area contributed by atoms with Crippen molar-refractivity contribution >= 4 is 17.5 Å². The fraction of sp³-hybridized carbons (Fsp3) is 0.480. The summed E-state index contributed by atoms with van der Waals surface area (Å²) in [6, 6.07) is 13.4. The van der Waals surface area contributed by atoms with E-state index in [-0.39, 0.29) is 12.0 Å². The molecular formula is C25H33ClN2O4. The number of nitrogens with one attached hydrogen (secondary N) is 1. The van der Waals surface area contributed by atoms with E-state index in [1.165, 1.54) is 0 Å². The van der Waals surface area contributed by atoms with Crippen molar-refractivity contribution in [3.63, 3.8) is 0 Å². The predicted molar refractivity (Wildman–Crippen MR) is 127 cm³/mol. The second kappa shape index (κ2) is 12.1. The van der Waals surface area contributed by atoms with Crippen LogP contribution < -0.4 is 14.8 Å². The molecule has 1 aliphatic heterocycles. The average molecular weight is 461 g/mol. The van der Waals surface area contributed by atoms with Crippen molar-refractivity contribution in [2.45, 2.75) is 45.4 Å². The van der Waals surface area contributed by atoms with Gasteiger partial charge in [0.1, 0.15) is 18.1 Å². The number of carbonyl (C=O) groups is 1. The van der Waals surface area contributed by atoms with Gasteiger partial charge in [0.25, 0.3) is 5.91 Å². The molecule has 0 aromatic heterocycles. The fourth-order valence-corrected chi connectivity index (χ4v) is 3.85. The molecule has 2 aromatic carbocycles. The van der Waals surface area contributed by atoms with E-state index in [0.717, 1.165) is 43.9 Å². The van der Waals surface area contributed by atoms with Crippen LogP contribution in [0, 0.1) is 0 Å². The average Bonchev–Trinajstić information content (AvgIpc) is 2.79. The highest BCUT2D eigenvalue weighted by molar-refractivity contribution is 6.31. The number of amides is 1. The van der Waals surface area contributed by atoms with Crippen molar-refractivity contribution in [2.24, 2.45) is 0 Å². The number of carbonyl (C=O) groups excluding carboxylic acids is 1. The lowest BCUT2D eigenvalue weighted by Gasteiger charge is -2.31. The number of halogens is 1. The minimum atomic E-state index is -0.229. The van der Waals surface area contributed by atoms with Gasteiger partial charge in [-0.2, -0.15) is 0 Å². The van der Waals surface area contributed by atoms with Crippen LogP contribution in [-0.2, 0) is 11.3 Å². The first-order chi connectivity index (χ1) is 15.4. The zero-order valence-corrected chi connectivity index (χ0v) is 19.9. The fourth-order valence-electron chi connectivity index (χ4n) is 3.68. The van der Waals surface area contributed by atoms with Gasteiger partial charge in [0.05, 0.1) is 11.7 Å². The van der Waals surface area contributed by atoms with Gasteiger partial charge in [0.15, 0.2) is 0 Å². The molecule has 174 valence electrons. The molecule has 0 aliphatic carbocycles. The van der Waals surface area contributed by atoms with Gasteiger partial charge in [-0.25, -0.2) is 0 Å². The summed E-state index contributed by atoms with van der Waals surface area (Å²) in [4.78, 5) is 15.1. The summed E-state index contributed by atoms with van der Waals surface area (Å²) in [7, 11) is 2.14. The Morgan fingerprint density at radius 2 is 2.00 bits per heavy atom. The Kier molecular flexibility index (Phi) is 9.21. The van der Waals surface area contributed by atoms with Gasteiger partial charge in [-0.3, -0.25) is 9.69 Å². The number of rotatable bonds is 10. The first-order valence-electron chi connectivity index (χ1n) is 11.2. The minimum Gasteiger partial charge on any atom is -0.492 e. The minimum absolute atomic E-state index is 0.0398. The summed E-state index contributed by atoms with van der Waals surface area (Å²) >= 11 is 6.09. The molecule has 0 atom stereocenters. The lowest BCUT2D eigenvalue weighted by molar-refractivity contribution is 0.0392. The number of benzene rings is 2. The third-order valence-electron chi connectivity index (χ3n) is 5.43. The molecule has 1 amide bonds. The summed E-state index contributed by atoms with van der Waals surface area (Å²) in [5.74, 6) is 1.09. The summed E-state index contributed by atoms with van der Waals surface area (Å²) in [5.41, 5.74) is 1.39. The van der Waals surface area contributed by atoms with Gasteiger partial charge in [-0.1, -0.05) is 23.7 Å². The SMILES string of the molecule is CC(C)Oc1ccc(Cl)cc1C(=O)NCc1cccc(OCCN(C)C2CCOCC2)c1. The van der Waals surface area contributed by atoms with Gasteiger partial charge in [-0.05, 0) is 69.6 Å². The maximum Gasteiger partial charge on any atom is 0.255 e. The van der Waals surface area contributed by atoms with E-state index in [0.29, 0.717) is 35.5 Å². The highest BCUT2D eigenvalue weighted by Crippen LogP contribution is 2.24. The van der Waals surface area contributed by atoms with E-state index in [1.807, 2.05) is 38.1 Å². The quantitative estimate of drug-likeness (QED) is 0.563. The summed E-state index contributed by atoms with van der Waals surface area (Å²) < 4.78 is 17.1. The molecule has 1 saturated heterocycles. The summed E-state index contributed by atoms with van der Waals surface area (Å²) in [6.45, 7) is 7.37. The smallest absolute Gasteiger partial charge is 0.255 e. The van der Waals surface area contributed by atoms with Gasteiger partial charge in [-0.15, -0.1) is 0 Å². The molecule has 0 unspecified atom stereocenters. The Balaban J connectivity index is 1.51. The topological polar surface area (TPSA) is 60.0 Å². The molecule has 0 spiro atoms. The van der Waals surface area contributed by atoms with Crippen LogP contribution in [0.2, 0.25) is 5.02 Å². The molecule has 0 radical (unpaired) electrons. The second-order valence-corrected chi connectivity index (χ2v) is 8.75. The van der Waals surface area contributed by atoms with Crippen LogP contribution in [0.1, 0.15) is 42.6 Å². The molecule has 1 N–H and O–H groups in total. The molecule has 7 heteroatoms. The van der Waals surface area contributed by atoms with Crippen LogP contribution in [0.25, 0.3) is 0 Å². The van der Waals surface area contributed by atoms with Crippen molar-refractivity contribution in [1.29, 1.82) is 0 Å². The highest BCUT2D eigenvalue weighted by Gasteiger charge is 2.18. The zero-order chi connectivity index (χ0) is 22.9. The van der Waals surface area contributed by atoms with Crippen molar-refractivity contribution in [3.05, 3.63) is 58.6 Å². The molecule has 3 rings (SSSR count). The molecule has 1 heterocycles. The highest BCUT2D eigenvalue weighted by atomic mass is 35.5. The van der Waals surface area contributed by atoms with Gasteiger partial charge in [0, 0.05) is 37.4 Å². The molecular weight excluding hydrogens is 428 g/mol. The number of hydrogen-bond acceptors (Lipinski definition) is 5. The first-order valence-corrected chi connectivity index (χ1v) is 11.5. The maximum absolute atomic E-state index is 12.8. The predicted octanol–water partition coefficient (Wildman–Crippen LogP) is 4.55.